The highest BCUT2D eigenvalue weighted by molar-refractivity contribution is 5.98. The zero-order chi connectivity index (χ0) is 19.7. The summed E-state index contributed by atoms with van der Waals surface area (Å²) in [4.78, 5) is 13.0. The number of rotatable bonds is 5. The summed E-state index contributed by atoms with van der Waals surface area (Å²) < 4.78 is 23.9. The molecule has 4 rings (SSSR count). The highest BCUT2D eigenvalue weighted by Crippen LogP contribution is 2.34. The number of fused-ring (bicyclic) bond motifs is 1. The molecular formula is C17H18FN5O5. The molecule has 2 heterocycles. The van der Waals surface area contributed by atoms with Gasteiger partial charge < -0.3 is 25.3 Å². The summed E-state index contributed by atoms with van der Waals surface area (Å²) in [5.74, 6) is -0.720. The summed E-state index contributed by atoms with van der Waals surface area (Å²) in [6, 6.07) is 4.29. The fraction of sp³-hybridized carbons (Fsp3) is 0.412. The van der Waals surface area contributed by atoms with Crippen LogP contribution in [0, 0.1) is 5.82 Å². The number of aliphatic hydroxyl groups is 1. The van der Waals surface area contributed by atoms with E-state index in [1.54, 1.807) is 6.07 Å². The second-order valence-corrected chi connectivity index (χ2v) is 6.64. The molecule has 1 aliphatic carbocycles. The van der Waals surface area contributed by atoms with Crippen molar-refractivity contribution in [2.45, 2.75) is 25.0 Å². The smallest absolute Gasteiger partial charge is 0.287 e. The van der Waals surface area contributed by atoms with E-state index < -0.39 is 6.61 Å². The molecule has 0 spiro atoms. The lowest BCUT2D eigenvalue weighted by Crippen LogP contribution is -2.37. The second-order valence-electron chi connectivity index (χ2n) is 6.64. The van der Waals surface area contributed by atoms with Gasteiger partial charge in [0.15, 0.2) is 0 Å². The molecule has 11 heteroatoms. The zero-order valence-electron chi connectivity index (χ0n) is 14.7. The van der Waals surface area contributed by atoms with Gasteiger partial charge in [-0.25, -0.2) is 9.02 Å². The number of amides is 1. The summed E-state index contributed by atoms with van der Waals surface area (Å²) in [6.45, 7) is 0.187. The molecule has 1 aliphatic heterocycles. The van der Waals surface area contributed by atoms with Crippen LogP contribution in [0.3, 0.4) is 0 Å². The molecule has 0 radical (unpaired) electrons. The van der Waals surface area contributed by atoms with Crippen molar-refractivity contribution >= 4 is 11.7 Å². The zero-order valence-corrected chi connectivity index (χ0v) is 14.7. The number of hydrogen-bond donors (Lipinski definition) is 3. The maximum absolute atomic E-state index is 13.4. The van der Waals surface area contributed by atoms with Crippen LogP contribution in [-0.4, -0.2) is 63.1 Å². The molecule has 1 aromatic carbocycles. The average molecular weight is 391 g/mol. The van der Waals surface area contributed by atoms with E-state index in [1.807, 2.05) is 0 Å². The van der Waals surface area contributed by atoms with E-state index in [0.717, 1.165) is 11.1 Å². The second kappa shape index (κ2) is 7.43. The Labute approximate surface area is 158 Å². The number of carbonyl (C=O) groups excluding carboxylic acids is 1. The molecule has 0 bridgehead atoms. The number of ether oxygens (including phenoxy) is 1. The highest BCUT2D eigenvalue weighted by Gasteiger charge is 2.32. The third kappa shape index (κ3) is 3.36. The van der Waals surface area contributed by atoms with Crippen molar-refractivity contribution in [3.8, 4) is 5.88 Å². The van der Waals surface area contributed by atoms with Crippen LogP contribution < -0.4 is 10.1 Å². The van der Waals surface area contributed by atoms with E-state index in [0.29, 0.717) is 25.9 Å². The Bertz CT molecular complexity index is 917. The first-order valence-electron chi connectivity index (χ1n) is 8.74. The molecule has 1 aromatic heterocycles. The number of benzene rings is 1. The summed E-state index contributed by atoms with van der Waals surface area (Å²) in [5, 5.41) is 32.0. The quantitative estimate of drug-likeness (QED) is 0.285. The highest BCUT2D eigenvalue weighted by atomic mass is 19.1. The molecule has 148 valence electrons. The fourth-order valence-corrected chi connectivity index (χ4v) is 3.42. The average Bonchev–Trinajstić information content (AvgIpc) is 3.34. The van der Waals surface area contributed by atoms with Gasteiger partial charge in [-0.1, -0.05) is 11.2 Å². The maximum Gasteiger partial charge on any atom is 0.287 e. The van der Waals surface area contributed by atoms with Gasteiger partial charge >= 0.3 is 0 Å². The Balaban J connectivity index is 1.44. The first kappa shape index (κ1) is 18.2. The largest absolute Gasteiger partial charge is 0.469 e. The predicted octanol–water partition coefficient (Wildman–Crippen LogP) is 0.203. The predicted molar refractivity (Wildman–Crippen MR) is 91.3 cm³/mol. The summed E-state index contributed by atoms with van der Waals surface area (Å²) in [5.41, 5.74) is 1.85. The normalized spacial score (nSPS) is 21.2. The third-order valence-corrected chi connectivity index (χ3v) is 4.91. The van der Waals surface area contributed by atoms with Gasteiger partial charge in [-0.3, -0.25) is 4.79 Å². The van der Waals surface area contributed by atoms with Gasteiger partial charge in [0.25, 0.3) is 5.88 Å². The minimum Gasteiger partial charge on any atom is -0.469 e. The van der Waals surface area contributed by atoms with E-state index in [9.17, 15) is 14.4 Å². The Morgan fingerprint density at radius 2 is 2.32 bits per heavy atom. The molecule has 10 nitrogen and oxygen atoms in total. The van der Waals surface area contributed by atoms with Crippen LogP contribution in [0.1, 0.15) is 29.3 Å². The molecule has 1 saturated heterocycles. The number of nitrogens with zero attached hydrogens (tertiary/aromatic N) is 4. The van der Waals surface area contributed by atoms with Crippen LogP contribution in [-0.2, 0) is 11.2 Å². The fourth-order valence-electron chi connectivity index (χ4n) is 3.42. The van der Waals surface area contributed by atoms with Gasteiger partial charge in [0.05, 0.1) is 12.6 Å². The number of oxime groups is 1. The van der Waals surface area contributed by atoms with Gasteiger partial charge in [-0.05, 0) is 40.0 Å². The number of carbonyl (C=O) groups is 1. The molecule has 2 atom stereocenters. The van der Waals surface area contributed by atoms with Crippen molar-refractivity contribution in [1.29, 1.82) is 0 Å². The monoisotopic (exact) mass is 391 g/mol. The van der Waals surface area contributed by atoms with Crippen molar-refractivity contribution in [2.75, 3.05) is 19.7 Å². The van der Waals surface area contributed by atoms with E-state index in [2.05, 4.69) is 20.8 Å². The number of amidine groups is 1. The maximum atomic E-state index is 13.4. The number of hydrogen-bond acceptors (Lipinski definition) is 8. The molecule has 1 fully saturated rings. The Hall–Kier alpha value is -3.21. The van der Waals surface area contributed by atoms with Crippen molar-refractivity contribution < 1.29 is 28.9 Å². The van der Waals surface area contributed by atoms with E-state index >= 15 is 0 Å². The lowest BCUT2D eigenvalue weighted by molar-refractivity contribution is -0.133. The molecule has 0 unspecified atom stereocenters. The minimum atomic E-state index is -0.557. The van der Waals surface area contributed by atoms with Gasteiger partial charge in [0.1, 0.15) is 18.5 Å². The van der Waals surface area contributed by atoms with Gasteiger partial charge in [0, 0.05) is 13.0 Å². The van der Waals surface area contributed by atoms with Gasteiger partial charge in [0.2, 0.25) is 17.4 Å². The topological polar surface area (TPSA) is 133 Å². The van der Waals surface area contributed by atoms with Crippen molar-refractivity contribution in [3.05, 3.63) is 40.8 Å². The Morgan fingerprint density at radius 1 is 1.46 bits per heavy atom. The molecule has 2 aromatic rings. The lowest BCUT2D eigenvalue weighted by atomic mass is 9.83. The van der Waals surface area contributed by atoms with Gasteiger partial charge in [-0.15, -0.1) is 0 Å². The van der Waals surface area contributed by atoms with Crippen molar-refractivity contribution in [1.82, 2.24) is 20.5 Å². The summed E-state index contributed by atoms with van der Waals surface area (Å²) in [7, 11) is 0. The van der Waals surface area contributed by atoms with E-state index in [1.165, 1.54) is 17.0 Å². The first-order chi connectivity index (χ1) is 13.6. The van der Waals surface area contributed by atoms with Crippen LogP contribution >= 0.6 is 0 Å². The molecule has 1 amide bonds. The van der Waals surface area contributed by atoms with Crippen LogP contribution in [0.15, 0.2) is 28.0 Å². The molecule has 0 saturated carbocycles. The van der Waals surface area contributed by atoms with Crippen LogP contribution in [0.2, 0.25) is 0 Å². The SMILES string of the molecule is O=C(CO)N1CC[C@H](Oc2nonc2/C(=N/O)N[C@H]2Cc3ccc(F)cc32)C1. The molecule has 28 heavy (non-hydrogen) atoms. The Morgan fingerprint density at radius 3 is 3.11 bits per heavy atom. The summed E-state index contributed by atoms with van der Waals surface area (Å²) >= 11 is 0. The first-order valence-corrected chi connectivity index (χ1v) is 8.74. The van der Waals surface area contributed by atoms with Crippen LogP contribution in [0.25, 0.3) is 0 Å². The van der Waals surface area contributed by atoms with E-state index in [4.69, 9.17) is 14.5 Å². The summed E-state index contributed by atoms with van der Waals surface area (Å²) in [6.07, 6.45) is 0.822. The molecule has 3 N–H and O–H groups in total. The molecular weight excluding hydrogens is 373 g/mol. The standard InChI is InChI=1S/C17H18FN5O5/c18-10-2-1-9-5-13(12(9)6-10)19-16(20-26)15-17(22-28-21-15)27-11-3-4-23(7-11)14(25)8-24/h1-2,6,11,13,24,26H,3-5,7-8H2,(H,19,20)/t11-,13-/m0/s1. The number of aromatic nitrogens is 2. The van der Waals surface area contributed by atoms with E-state index in [-0.39, 0.29) is 41.3 Å². The number of aliphatic hydroxyl groups excluding tert-OH is 1. The minimum absolute atomic E-state index is 0.0161. The third-order valence-electron chi connectivity index (χ3n) is 4.91. The van der Waals surface area contributed by atoms with Crippen molar-refractivity contribution in [3.63, 3.8) is 0 Å². The van der Waals surface area contributed by atoms with Crippen LogP contribution in [0.4, 0.5) is 4.39 Å². The lowest BCUT2D eigenvalue weighted by Gasteiger charge is -2.31. The Kier molecular flexibility index (Phi) is 4.82. The molecule has 2 aliphatic rings. The number of likely N-dealkylation sites (tertiary alicyclic amines) is 1. The number of nitrogens with one attached hydrogen (secondary N) is 1. The van der Waals surface area contributed by atoms with Gasteiger partial charge in [-0.2, -0.15) is 0 Å². The van der Waals surface area contributed by atoms with Crippen molar-refractivity contribution in [2.24, 2.45) is 5.16 Å². The van der Waals surface area contributed by atoms with Crippen LogP contribution in [0.5, 0.6) is 5.88 Å². The number of halogens is 1.